The zero-order valence-corrected chi connectivity index (χ0v) is 42.2. The summed E-state index contributed by atoms with van der Waals surface area (Å²) in [5.41, 5.74) is 2.70. The monoisotopic (exact) mass is 971 g/mol. The van der Waals surface area contributed by atoms with Gasteiger partial charge < -0.3 is 29.7 Å². The molecule has 0 bridgehead atoms. The number of aliphatic carboxylic acids is 1. The molecule has 0 aromatic heterocycles. The van der Waals surface area contributed by atoms with Gasteiger partial charge in [-0.3, -0.25) is 14.4 Å². The van der Waals surface area contributed by atoms with Crippen LogP contribution in [0.15, 0.2) is 76.8 Å². The number of aliphatic hydroxyl groups excluding tert-OH is 1. The lowest BCUT2D eigenvalue weighted by Gasteiger charge is -2.38. The molecule has 0 spiro atoms. The summed E-state index contributed by atoms with van der Waals surface area (Å²) in [5.74, 6) is -4.93. The normalized spacial score (nSPS) is 24.1. The second-order valence-electron chi connectivity index (χ2n) is 19.1. The quantitative estimate of drug-likeness (QED) is 0.0333. The summed E-state index contributed by atoms with van der Waals surface area (Å²) in [6, 6.07) is 5.52. The van der Waals surface area contributed by atoms with Gasteiger partial charge in [0.1, 0.15) is 11.8 Å². The maximum Gasteiger partial charge on any atom is 0.326 e. The Morgan fingerprint density at radius 3 is 2.38 bits per heavy atom. The molecule has 1 saturated carbocycles. The Morgan fingerprint density at radius 1 is 0.956 bits per heavy atom. The molecule has 13 nitrogen and oxygen atoms in total. The van der Waals surface area contributed by atoms with Crippen molar-refractivity contribution in [2.75, 3.05) is 20.3 Å². The van der Waals surface area contributed by atoms with Gasteiger partial charge in [0.25, 0.3) is 11.7 Å². The summed E-state index contributed by atoms with van der Waals surface area (Å²) in [7, 11) is -1.75. The smallest absolute Gasteiger partial charge is 0.326 e. The molecule has 1 aromatic rings. The van der Waals surface area contributed by atoms with E-state index in [0.29, 0.717) is 38.2 Å². The van der Waals surface area contributed by atoms with Crippen LogP contribution in [0.5, 0.6) is 0 Å². The Morgan fingerprint density at radius 2 is 1.69 bits per heavy atom. The Balaban J connectivity index is 0.000000599. The van der Waals surface area contributed by atoms with Gasteiger partial charge in [-0.1, -0.05) is 114 Å². The molecule has 3 fully saturated rings. The maximum absolute atomic E-state index is 12.7. The molecule has 4 N–H and O–H groups in total. The van der Waals surface area contributed by atoms with Crippen LogP contribution in [0.3, 0.4) is 0 Å². The Kier molecular flexibility index (Phi) is 27.3. The van der Waals surface area contributed by atoms with E-state index in [4.69, 9.17) is 14.6 Å². The van der Waals surface area contributed by atoms with Crippen molar-refractivity contribution in [1.82, 2.24) is 9.62 Å². The number of nitrogens with zero attached hydrogens (tertiary/aromatic N) is 1. The third-order valence-corrected chi connectivity index (χ3v) is 15.2. The molecule has 1 aromatic carbocycles. The number of Topliss-reactive ketones (excluding diaryl/α,β-unsaturated/α-hetero) is 2. The summed E-state index contributed by atoms with van der Waals surface area (Å²) >= 11 is 0. The van der Waals surface area contributed by atoms with Crippen molar-refractivity contribution in [1.29, 1.82) is 0 Å². The Labute approximate surface area is 409 Å². The second-order valence-corrected chi connectivity index (χ2v) is 20.9. The lowest BCUT2D eigenvalue weighted by molar-refractivity contribution is -0.240. The van der Waals surface area contributed by atoms with Crippen LogP contribution in [0.2, 0.25) is 0 Å². The van der Waals surface area contributed by atoms with Gasteiger partial charge in [0.15, 0.2) is 0 Å². The average molecular weight is 971 g/mol. The fraction of sp³-hybridized carbons (Fsp3) is 0.667. The molecule has 14 heteroatoms. The third-order valence-electron chi connectivity index (χ3n) is 13.7. The first-order chi connectivity index (χ1) is 31.8. The van der Waals surface area contributed by atoms with Gasteiger partial charge >= 0.3 is 5.97 Å². The number of aryl methyl sites for hydroxylation is 1. The number of allylic oxidation sites excluding steroid dienone is 6. The fourth-order valence-corrected chi connectivity index (χ4v) is 10.3. The Bertz CT molecular complexity index is 1980. The second kappa shape index (κ2) is 30.7. The van der Waals surface area contributed by atoms with E-state index in [1.807, 2.05) is 78.2 Å². The van der Waals surface area contributed by atoms with E-state index in [-0.39, 0.29) is 49.6 Å². The number of amides is 1. The molecule has 1 aliphatic carbocycles. The van der Waals surface area contributed by atoms with Crippen LogP contribution in [0.1, 0.15) is 163 Å². The largest absolute Gasteiger partial charge is 0.480 e. The van der Waals surface area contributed by atoms with E-state index in [0.717, 1.165) is 53.2 Å². The molecule has 2 aliphatic heterocycles. The molecule has 2 saturated heterocycles. The number of carbonyl (C=O) groups excluding carboxylic acids is 3. The lowest BCUT2D eigenvalue weighted by atomic mass is 9.84. The summed E-state index contributed by atoms with van der Waals surface area (Å²) in [6.07, 6.45) is 28.5. The van der Waals surface area contributed by atoms with E-state index < -0.39 is 51.5 Å². The highest BCUT2D eigenvalue weighted by molar-refractivity contribution is 7.89. The highest BCUT2D eigenvalue weighted by Crippen LogP contribution is 2.32. The highest BCUT2D eigenvalue weighted by Gasteiger charge is 2.50. The first-order valence-corrected chi connectivity index (χ1v) is 26.2. The van der Waals surface area contributed by atoms with Crippen LogP contribution in [0.25, 0.3) is 0 Å². The van der Waals surface area contributed by atoms with Crippen LogP contribution in [-0.2, 0) is 38.7 Å². The predicted octanol–water partition coefficient (Wildman–Crippen LogP) is 9.74. The number of methoxy groups -OCH3 is 1. The number of piperidine rings is 1. The molecule has 0 radical (unpaired) electrons. The van der Waals surface area contributed by atoms with E-state index in [1.165, 1.54) is 51.4 Å². The highest BCUT2D eigenvalue weighted by atomic mass is 32.2. The number of carbonyl (C=O) groups is 4. The SMILES string of the molecule is C.CC1CCCOC1(O)C(=O)C(=O)N1CCCCC1C(=O)O.COC1CCCC(CCCCCC/C=C(\C)C(O)CC(=O)C(C)CC/C=C/C=C/C=C(\C)C(C)NS(=O)(=O)c2cccc(C)c2)C1. The van der Waals surface area contributed by atoms with Gasteiger partial charge in [-0.05, 0) is 128 Å². The summed E-state index contributed by atoms with van der Waals surface area (Å²) in [6.45, 7) is 11.5. The van der Waals surface area contributed by atoms with Crippen LogP contribution >= 0.6 is 0 Å². The van der Waals surface area contributed by atoms with Gasteiger partial charge in [-0.2, -0.15) is 0 Å². The van der Waals surface area contributed by atoms with E-state index >= 15 is 0 Å². The van der Waals surface area contributed by atoms with Gasteiger partial charge in [0.05, 0.1) is 23.7 Å². The molecular formula is C54H86N2O11S. The van der Waals surface area contributed by atoms with Crippen molar-refractivity contribution in [3.63, 3.8) is 0 Å². The maximum atomic E-state index is 12.7. The third kappa shape index (κ3) is 19.9. The van der Waals surface area contributed by atoms with Crippen LogP contribution in [0, 0.1) is 24.7 Å². The lowest BCUT2D eigenvalue weighted by Crippen LogP contribution is -2.59. The van der Waals surface area contributed by atoms with E-state index in [9.17, 15) is 37.8 Å². The molecule has 2 heterocycles. The van der Waals surface area contributed by atoms with Crippen molar-refractivity contribution in [2.45, 2.75) is 200 Å². The van der Waals surface area contributed by atoms with Crippen molar-refractivity contribution in [3.05, 3.63) is 77.4 Å². The summed E-state index contributed by atoms with van der Waals surface area (Å²) in [4.78, 5) is 49.9. The molecule has 3 aliphatic rings. The van der Waals surface area contributed by atoms with Gasteiger partial charge in [-0.25, -0.2) is 17.9 Å². The number of ketones is 2. The van der Waals surface area contributed by atoms with Gasteiger partial charge in [0.2, 0.25) is 15.8 Å². The number of nitrogens with one attached hydrogen (secondary N) is 1. The summed E-state index contributed by atoms with van der Waals surface area (Å²) < 4.78 is 38.8. The topological polar surface area (TPSA) is 197 Å². The minimum absolute atomic E-state index is 0. The Hall–Kier alpha value is -3.79. The number of likely N-dealkylation sites (tertiary alicyclic amines) is 1. The van der Waals surface area contributed by atoms with Crippen molar-refractivity contribution in [2.24, 2.45) is 17.8 Å². The van der Waals surface area contributed by atoms with Crippen molar-refractivity contribution >= 4 is 33.5 Å². The van der Waals surface area contributed by atoms with E-state index in [2.05, 4.69) is 10.8 Å². The fourth-order valence-electron chi connectivity index (χ4n) is 8.90. The average Bonchev–Trinajstić information content (AvgIpc) is 3.31. The molecule has 68 heavy (non-hydrogen) atoms. The minimum Gasteiger partial charge on any atom is -0.480 e. The van der Waals surface area contributed by atoms with Crippen LogP contribution < -0.4 is 4.72 Å². The van der Waals surface area contributed by atoms with Gasteiger partial charge in [-0.15, -0.1) is 0 Å². The van der Waals surface area contributed by atoms with E-state index in [1.54, 1.807) is 25.1 Å². The van der Waals surface area contributed by atoms with Crippen molar-refractivity contribution in [3.8, 4) is 0 Å². The molecular weight excluding hydrogens is 885 g/mol. The number of hydrogen-bond donors (Lipinski definition) is 4. The number of carboxylic acid groups (broad SMARTS) is 1. The summed E-state index contributed by atoms with van der Waals surface area (Å²) in [5, 5.41) is 30.1. The molecule has 8 unspecified atom stereocenters. The number of rotatable bonds is 24. The number of aliphatic hydroxyl groups is 2. The standard InChI is InChI=1S/C39H61NO5S.C14H21NO6.CH4/c1-30-19-17-26-37(27-30)46(43,44)40-34(5)31(2)20-13-9-7-10-14-21-32(3)38(41)29-39(42)33(4)22-15-11-8-12-16-23-35-24-18-25-36(28-35)45-6;1-9-5-4-8-21-14(9,20)11(16)12(17)15-7-3-2-6-10(15)13(18)19;/h7,9-10,13,17,19-20,22,26-27,32,34-36,39-40,42H,8,11-12,14-16,18,21,23-25,28-29H2,1-6H3;9-10,20H,2-8H2,1H3,(H,18,19);1H4/b10-7+,13-9+,31-20+,33-22+;;. The molecule has 1 amide bonds. The number of hydrogen-bond acceptors (Lipinski definition) is 10. The zero-order valence-electron chi connectivity index (χ0n) is 41.4. The van der Waals surface area contributed by atoms with Crippen molar-refractivity contribution < 1.29 is 52.4 Å². The number of sulfonamides is 1. The predicted molar refractivity (Wildman–Crippen MR) is 269 cm³/mol. The zero-order chi connectivity index (χ0) is 49.6. The number of ether oxygens (including phenoxy) is 2. The molecule has 4 rings (SSSR count). The molecule has 8 atom stereocenters. The number of unbranched alkanes of at least 4 members (excludes halogenated alkanes) is 4. The van der Waals surface area contributed by atoms with Crippen LogP contribution in [-0.4, -0.2) is 102 Å². The molecule has 384 valence electrons. The first-order valence-electron chi connectivity index (χ1n) is 24.7. The minimum atomic E-state index is -3.59. The van der Waals surface area contributed by atoms with Gasteiger partial charge in [0, 0.05) is 38.0 Å². The first kappa shape index (κ1) is 60.3. The number of carboxylic acids is 1. The number of benzene rings is 1. The van der Waals surface area contributed by atoms with Crippen LogP contribution in [0.4, 0.5) is 0 Å².